The van der Waals surface area contributed by atoms with Gasteiger partial charge in [-0.1, -0.05) is 12.1 Å². The Morgan fingerprint density at radius 2 is 1.95 bits per heavy atom. The zero-order valence-electron chi connectivity index (χ0n) is 11.5. The van der Waals surface area contributed by atoms with Gasteiger partial charge in [-0.2, -0.15) is 0 Å². The van der Waals surface area contributed by atoms with Gasteiger partial charge in [0.25, 0.3) is 0 Å². The van der Waals surface area contributed by atoms with Crippen molar-refractivity contribution in [2.75, 3.05) is 5.32 Å². The van der Waals surface area contributed by atoms with Crippen LogP contribution in [0.2, 0.25) is 0 Å². The van der Waals surface area contributed by atoms with Gasteiger partial charge in [-0.15, -0.1) is 11.3 Å². The summed E-state index contributed by atoms with van der Waals surface area (Å²) in [5, 5.41) is 15.0. The number of nitrogens with one attached hydrogen (secondary N) is 2. The molecule has 1 unspecified atom stereocenters. The van der Waals surface area contributed by atoms with E-state index in [-0.39, 0.29) is 6.03 Å². The van der Waals surface area contributed by atoms with E-state index in [1.807, 2.05) is 19.1 Å². The van der Waals surface area contributed by atoms with Crippen LogP contribution in [-0.2, 0) is 6.54 Å². The molecule has 2 amide bonds. The molecule has 1 atom stereocenters. The van der Waals surface area contributed by atoms with Gasteiger partial charge in [0.05, 0.1) is 12.6 Å². The fourth-order valence-corrected chi connectivity index (χ4v) is 2.60. The first-order chi connectivity index (χ1) is 9.54. The maximum absolute atomic E-state index is 11.7. The Balaban J connectivity index is 1.84. The average Bonchev–Trinajstić information content (AvgIpc) is 2.83. The number of rotatable bonds is 4. The minimum atomic E-state index is -0.500. The van der Waals surface area contributed by atoms with Crippen molar-refractivity contribution in [1.29, 1.82) is 0 Å². The van der Waals surface area contributed by atoms with Crippen LogP contribution in [0.15, 0.2) is 36.4 Å². The lowest BCUT2D eigenvalue weighted by Gasteiger charge is -2.08. The minimum Gasteiger partial charge on any atom is -0.389 e. The Bertz CT molecular complexity index is 576. The molecular weight excluding hydrogens is 272 g/mol. The van der Waals surface area contributed by atoms with Crippen LogP contribution in [0.4, 0.5) is 10.5 Å². The molecule has 0 saturated carbocycles. The van der Waals surface area contributed by atoms with Crippen LogP contribution in [0.25, 0.3) is 0 Å². The van der Waals surface area contributed by atoms with Crippen LogP contribution in [0.3, 0.4) is 0 Å². The standard InChI is InChI=1S/C15H18N2O2S/c1-10-3-8-14(20-10)9-16-15(19)17-13-6-4-12(5-7-13)11(2)18/h3-8,11,18H,9H2,1-2H3,(H2,16,17,19). The van der Waals surface area contributed by atoms with E-state index in [2.05, 4.69) is 10.6 Å². The van der Waals surface area contributed by atoms with Crippen LogP contribution >= 0.6 is 11.3 Å². The lowest BCUT2D eigenvalue weighted by Crippen LogP contribution is -2.27. The van der Waals surface area contributed by atoms with Crippen LogP contribution in [-0.4, -0.2) is 11.1 Å². The molecule has 2 aromatic rings. The number of thiophene rings is 1. The van der Waals surface area contributed by atoms with E-state index in [0.29, 0.717) is 12.2 Å². The van der Waals surface area contributed by atoms with Gasteiger partial charge < -0.3 is 15.7 Å². The summed E-state index contributed by atoms with van der Waals surface area (Å²) in [5.74, 6) is 0. The molecule has 1 heterocycles. The van der Waals surface area contributed by atoms with Gasteiger partial charge in [-0.3, -0.25) is 0 Å². The molecule has 20 heavy (non-hydrogen) atoms. The van der Waals surface area contributed by atoms with Crippen molar-refractivity contribution in [1.82, 2.24) is 5.32 Å². The monoisotopic (exact) mass is 290 g/mol. The zero-order chi connectivity index (χ0) is 14.5. The number of aliphatic hydroxyl groups is 1. The van der Waals surface area contributed by atoms with Crippen molar-refractivity contribution in [3.05, 3.63) is 51.7 Å². The van der Waals surface area contributed by atoms with E-state index >= 15 is 0 Å². The predicted molar refractivity (Wildman–Crippen MR) is 82.0 cm³/mol. The number of amides is 2. The second-order valence-electron chi connectivity index (χ2n) is 4.62. The first-order valence-electron chi connectivity index (χ1n) is 6.43. The van der Waals surface area contributed by atoms with Gasteiger partial charge in [0, 0.05) is 15.4 Å². The lowest BCUT2D eigenvalue weighted by atomic mass is 10.1. The van der Waals surface area contributed by atoms with Gasteiger partial charge in [-0.05, 0) is 43.7 Å². The maximum Gasteiger partial charge on any atom is 0.319 e. The van der Waals surface area contributed by atoms with E-state index in [1.165, 1.54) is 4.88 Å². The van der Waals surface area contributed by atoms with Gasteiger partial charge in [-0.25, -0.2) is 4.79 Å². The summed E-state index contributed by atoms with van der Waals surface area (Å²) >= 11 is 1.67. The second kappa shape index (κ2) is 6.54. The summed E-state index contributed by atoms with van der Waals surface area (Å²) in [6, 6.07) is 11.0. The fourth-order valence-electron chi connectivity index (χ4n) is 1.77. The molecule has 0 radical (unpaired) electrons. The van der Waals surface area contributed by atoms with Crippen molar-refractivity contribution >= 4 is 23.1 Å². The van der Waals surface area contributed by atoms with E-state index in [9.17, 15) is 9.90 Å². The van der Waals surface area contributed by atoms with Crippen LogP contribution in [0, 0.1) is 6.92 Å². The fraction of sp³-hybridized carbons (Fsp3) is 0.267. The highest BCUT2D eigenvalue weighted by molar-refractivity contribution is 7.11. The topological polar surface area (TPSA) is 61.4 Å². The van der Waals surface area contributed by atoms with Gasteiger partial charge in [0.15, 0.2) is 0 Å². The third-order valence-corrected chi connectivity index (χ3v) is 3.87. The Morgan fingerprint density at radius 3 is 2.50 bits per heavy atom. The Labute approximate surface area is 122 Å². The molecule has 4 nitrogen and oxygen atoms in total. The largest absolute Gasteiger partial charge is 0.389 e. The van der Waals surface area contributed by atoms with Gasteiger partial charge in [0.1, 0.15) is 0 Å². The number of aliphatic hydroxyl groups excluding tert-OH is 1. The second-order valence-corrected chi connectivity index (χ2v) is 5.99. The molecule has 2 rings (SSSR count). The van der Waals surface area contributed by atoms with Crippen molar-refractivity contribution in [2.45, 2.75) is 26.5 Å². The quantitative estimate of drug-likeness (QED) is 0.808. The van der Waals surface area contributed by atoms with Crippen LogP contribution in [0.5, 0.6) is 0 Å². The summed E-state index contributed by atoms with van der Waals surface area (Å²) in [6.45, 7) is 4.27. The highest BCUT2D eigenvalue weighted by atomic mass is 32.1. The average molecular weight is 290 g/mol. The third kappa shape index (κ3) is 4.08. The Hall–Kier alpha value is -1.85. The van der Waals surface area contributed by atoms with E-state index < -0.39 is 6.10 Å². The number of carbonyl (C=O) groups is 1. The number of anilines is 1. The first-order valence-corrected chi connectivity index (χ1v) is 7.24. The van der Waals surface area contributed by atoms with Gasteiger partial charge in [0.2, 0.25) is 0 Å². The van der Waals surface area contributed by atoms with Crippen molar-refractivity contribution in [3.63, 3.8) is 0 Å². The highest BCUT2D eigenvalue weighted by Crippen LogP contribution is 2.16. The summed E-state index contributed by atoms with van der Waals surface area (Å²) in [7, 11) is 0. The normalized spacial score (nSPS) is 11.9. The van der Waals surface area contributed by atoms with Crippen molar-refractivity contribution < 1.29 is 9.90 Å². The molecule has 1 aromatic heterocycles. The zero-order valence-corrected chi connectivity index (χ0v) is 12.3. The minimum absolute atomic E-state index is 0.235. The molecule has 3 N–H and O–H groups in total. The number of hydrogen-bond donors (Lipinski definition) is 3. The summed E-state index contributed by atoms with van der Waals surface area (Å²) in [4.78, 5) is 14.1. The summed E-state index contributed by atoms with van der Waals surface area (Å²) in [5.41, 5.74) is 1.53. The molecule has 0 aliphatic heterocycles. The molecule has 1 aromatic carbocycles. The number of aryl methyl sites for hydroxylation is 1. The van der Waals surface area contributed by atoms with E-state index in [1.54, 1.807) is 42.5 Å². The summed E-state index contributed by atoms with van der Waals surface area (Å²) < 4.78 is 0. The number of benzene rings is 1. The van der Waals surface area contributed by atoms with E-state index in [0.717, 1.165) is 10.4 Å². The number of urea groups is 1. The summed E-state index contributed by atoms with van der Waals surface area (Å²) in [6.07, 6.45) is -0.500. The Morgan fingerprint density at radius 1 is 1.25 bits per heavy atom. The molecular formula is C15H18N2O2S. The smallest absolute Gasteiger partial charge is 0.319 e. The SMILES string of the molecule is Cc1ccc(CNC(=O)Nc2ccc(C(C)O)cc2)s1. The molecule has 0 fully saturated rings. The lowest BCUT2D eigenvalue weighted by molar-refractivity contribution is 0.199. The molecule has 0 aliphatic rings. The van der Waals surface area contributed by atoms with Crippen LogP contribution < -0.4 is 10.6 Å². The van der Waals surface area contributed by atoms with Gasteiger partial charge >= 0.3 is 6.03 Å². The molecule has 5 heteroatoms. The molecule has 106 valence electrons. The van der Waals surface area contributed by atoms with Crippen molar-refractivity contribution in [3.8, 4) is 0 Å². The Kier molecular flexibility index (Phi) is 4.76. The van der Waals surface area contributed by atoms with Crippen LogP contribution in [0.1, 0.15) is 28.3 Å². The number of hydrogen-bond acceptors (Lipinski definition) is 3. The molecule has 0 aliphatic carbocycles. The predicted octanol–water partition coefficient (Wildman–Crippen LogP) is 3.43. The van der Waals surface area contributed by atoms with E-state index in [4.69, 9.17) is 0 Å². The first kappa shape index (κ1) is 14.6. The number of carbonyl (C=O) groups excluding carboxylic acids is 1. The third-order valence-electron chi connectivity index (χ3n) is 2.87. The highest BCUT2D eigenvalue weighted by Gasteiger charge is 2.04. The molecule has 0 bridgehead atoms. The van der Waals surface area contributed by atoms with Crippen molar-refractivity contribution in [2.24, 2.45) is 0 Å². The maximum atomic E-state index is 11.7. The molecule has 0 spiro atoms. The molecule has 0 saturated heterocycles.